The van der Waals surface area contributed by atoms with Crippen molar-refractivity contribution in [3.8, 4) is 5.75 Å². The van der Waals surface area contributed by atoms with Crippen LogP contribution >= 0.6 is 15.9 Å². The van der Waals surface area contributed by atoms with Crippen molar-refractivity contribution in [2.45, 2.75) is 0 Å². The van der Waals surface area contributed by atoms with Crippen molar-refractivity contribution >= 4 is 27.7 Å². The Labute approximate surface area is 117 Å². The Morgan fingerprint density at radius 2 is 2.16 bits per heavy atom. The highest BCUT2D eigenvalue weighted by Crippen LogP contribution is 2.24. The highest BCUT2D eigenvalue weighted by atomic mass is 79.9. The molecule has 6 heteroatoms. The van der Waals surface area contributed by atoms with Gasteiger partial charge in [-0.1, -0.05) is 22.0 Å². The molecule has 0 saturated heterocycles. The second kappa shape index (κ2) is 5.79. The zero-order valence-corrected chi connectivity index (χ0v) is 11.6. The summed E-state index contributed by atoms with van der Waals surface area (Å²) in [5.74, 6) is -0.499. The number of carbonyl (C=O) groups excluding carboxylic acids is 1. The molecule has 0 spiro atoms. The van der Waals surface area contributed by atoms with Gasteiger partial charge in [0.25, 0.3) is 5.91 Å². The number of amides is 1. The summed E-state index contributed by atoms with van der Waals surface area (Å²) in [6.45, 7) is 0. The van der Waals surface area contributed by atoms with E-state index in [2.05, 4.69) is 26.2 Å². The average Bonchev–Trinajstić information content (AvgIpc) is 2.38. The Morgan fingerprint density at radius 1 is 1.37 bits per heavy atom. The van der Waals surface area contributed by atoms with E-state index in [1.807, 2.05) is 0 Å². The Bertz CT molecular complexity index is 619. The van der Waals surface area contributed by atoms with Gasteiger partial charge >= 0.3 is 0 Å². The maximum Gasteiger partial charge on any atom is 0.260 e. The Hall–Kier alpha value is -1.95. The van der Waals surface area contributed by atoms with Gasteiger partial charge in [0.15, 0.2) is 0 Å². The van der Waals surface area contributed by atoms with E-state index >= 15 is 0 Å². The van der Waals surface area contributed by atoms with Crippen LogP contribution in [0.2, 0.25) is 0 Å². The van der Waals surface area contributed by atoms with E-state index in [0.717, 1.165) is 4.47 Å². The van der Waals surface area contributed by atoms with Gasteiger partial charge in [0.2, 0.25) is 5.95 Å². The van der Waals surface area contributed by atoms with Gasteiger partial charge in [0.05, 0.1) is 12.7 Å². The van der Waals surface area contributed by atoms with E-state index in [1.165, 1.54) is 25.3 Å². The van der Waals surface area contributed by atoms with Crippen LogP contribution in [-0.4, -0.2) is 18.0 Å². The number of hydrogen-bond acceptors (Lipinski definition) is 3. The van der Waals surface area contributed by atoms with Crippen LogP contribution in [0.3, 0.4) is 0 Å². The molecule has 1 aromatic carbocycles. The molecule has 0 radical (unpaired) electrons. The number of ether oxygens (including phenoxy) is 1. The summed E-state index contributed by atoms with van der Waals surface area (Å²) in [5, 5.41) is 2.51. The SMILES string of the molecule is COc1cc(Br)ccc1C(=O)Nc1cccc(F)n1. The fourth-order valence-electron chi connectivity index (χ4n) is 1.51. The first-order valence-corrected chi connectivity index (χ1v) is 6.17. The van der Waals surface area contributed by atoms with Gasteiger partial charge in [-0.3, -0.25) is 4.79 Å². The molecule has 0 fully saturated rings. The minimum Gasteiger partial charge on any atom is -0.496 e. The number of anilines is 1. The predicted octanol–water partition coefficient (Wildman–Crippen LogP) is 3.24. The summed E-state index contributed by atoms with van der Waals surface area (Å²) < 4.78 is 18.8. The van der Waals surface area contributed by atoms with Crippen LogP contribution < -0.4 is 10.1 Å². The summed E-state index contributed by atoms with van der Waals surface area (Å²) in [4.78, 5) is 15.6. The Morgan fingerprint density at radius 3 is 2.84 bits per heavy atom. The molecule has 0 aliphatic carbocycles. The lowest BCUT2D eigenvalue weighted by Gasteiger charge is -2.09. The molecule has 1 N–H and O–H groups in total. The molecule has 1 amide bonds. The lowest BCUT2D eigenvalue weighted by Crippen LogP contribution is -2.14. The van der Waals surface area contributed by atoms with E-state index in [0.29, 0.717) is 11.3 Å². The van der Waals surface area contributed by atoms with Gasteiger partial charge in [-0.15, -0.1) is 0 Å². The number of methoxy groups -OCH3 is 1. The number of benzene rings is 1. The largest absolute Gasteiger partial charge is 0.496 e. The van der Waals surface area contributed by atoms with E-state index in [1.54, 1.807) is 18.2 Å². The number of nitrogens with one attached hydrogen (secondary N) is 1. The van der Waals surface area contributed by atoms with Crippen molar-refractivity contribution in [3.05, 3.63) is 52.4 Å². The van der Waals surface area contributed by atoms with Crippen molar-refractivity contribution in [2.24, 2.45) is 0 Å². The number of aromatic nitrogens is 1. The zero-order valence-electron chi connectivity index (χ0n) is 9.98. The fraction of sp³-hybridized carbons (Fsp3) is 0.0769. The summed E-state index contributed by atoms with van der Waals surface area (Å²) in [6.07, 6.45) is 0. The van der Waals surface area contributed by atoms with Gasteiger partial charge in [0.1, 0.15) is 11.6 Å². The van der Waals surface area contributed by atoms with Crippen molar-refractivity contribution in [3.63, 3.8) is 0 Å². The normalized spacial score (nSPS) is 10.1. The number of pyridine rings is 1. The molecule has 1 aromatic heterocycles. The molecule has 0 unspecified atom stereocenters. The molecule has 19 heavy (non-hydrogen) atoms. The number of carbonyl (C=O) groups is 1. The minimum atomic E-state index is -0.652. The molecule has 0 aliphatic heterocycles. The van der Waals surface area contributed by atoms with E-state index in [-0.39, 0.29) is 5.82 Å². The third-order valence-corrected chi connectivity index (χ3v) is 2.86. The van der Waals surface area contributed by atoms with Crippen LogP contribution in [0.5, 0.6) is 5.75 Å². The Balaban J connectivity index is 2.25. The van der Waals surface area contributed by atoms with E-state index < -0.39 is 11.9 Å². The molecule has 4 nitrogen and oxygen atoms in total. The lowest BCUT2D eigenvalue weighted by atomic mass is 10.2. The van der Waals surface area contributed by atoms with Crippen LogP contribution in [0, 0.1) is 5.95 Å². The standard InChI is InChI=1S/C13H10BrFN2O2/c1-19-10-7-8(14)5-6-9(10)13(18)17-12-4-2-3-11(15)16-12/h2-7H,1H3,(H,16,17,18). The van der Waals surface area contributed by atoms with Crippen molar-refractivity contribution in [1.82, 2.24) is 4.98 Å². The maximum absolute atomic E-state index is 12.9. The molecule has 0 bridgehead atoms. The molecular weight excluding hydrogens is 315 g/mol. The summed E-state index contributed by atoms with van der Waals surface area (Å²) >= 11 is 3.29. The molecule has 98 valence electrons. The minimum absolute atomic E-state index is 0.148. The third-order valence-electron chi connectivity index (χ3n) is 2.36. The quantitative estimate of drug-likeness (QED) is 0.882. The van der Waals surface area contributed by atoms with Crippen molar-refractivity contribution < 1.29 is 13.9 Å². The summed E-state index contributed by atoms with van der Waals surface area (Å²) in [7, 11) is 1.47. The molecular formula is C13H10BrFN2O2. The summed E-state index contributed by atoms with van der Waals surface area (Å²) in [6, 6.07) is 9.18. The smallest absolute Gasteiger partial charge is 0.260 e. The number of halogens is 2. The number of rotatable bonds is 3. The average molecular weight is 325 g/mol. The van der Waals surface area contributed by atoms with Crippen LogP contribution in [0.15, 0.2) is 40.9 Å². The summed E-state index contributed by atoms with van der Waals surface area (Å²) in [5.41, 5.74) is 0.344. The van der Waals surface area contributed by atoms with Crippen LogP contribution in [-0.2, 0) is 0 Å². The number of nitrogens with zero attached hydrogens (tertiary/aromatic N) is 1. The van der Waals surface area contributed by atoms with Crippen LogP contribution in [0.4, 0.5) is 10.2 Å². The maximum atomic E-state index is 12.9. The molecule has 0 aliphatic rings. The van der Waals surface area contributed by atoms with Crippen molar-refractivity contribution in [2.75, 3.05) is 12.4 Å². The van der Waals surface area contributed by atoms with Gasteiger partial charge in [-0.2, -0.15) is 4.39 Å². The first kappa shape index (κ1) is 13.5. The van der Waals surface area contributed by atoms with E-state index in [9.17, 15) is 9.18 Å². The zero-order chi connectivity index (χ0) is 13.8. The van der Waals surface area contributed by atoms with Gasteiger partial charge < -0.3 is 10.1 Å². The number of hydrogen-bond donors (Lipinski definition) is 1. The second-order valence-electron chi connectivity index (χ2n) is 3.64. The van der Waals surface area contributed by atoms with Gasteiger partial charge in [0, 0.05) is 4.47 Å². The predicted molar refractivity (Wildman–Crippen MR) is 72.8 cm³/mol. The van der Waals surface area contributed by atoms with Crippen molar-refractivity contribution in [1.29, 1.82) is 0 Å². The molecule has 1 heterocycles. The molecule has 2 aromatic rings. The highest BCUT2D eigenvalue weighted by molar-refractivity contribution is 9.10. The third kappa shape index (κ3) is 3.29. The fourth-order valence-corrected chi connectivity index (χ4v) is 1.85. The monoisotopic (exact) mass is 324 g/mol. The van der Waals surface area contributed by atoms with E-state index in [4.69, 9.17) is 4.74 Å². The molecule has 0 atom stereocenters. The lowest BCUT2D eigenvalue weighted by molar-refractivity contribution is 0.102. The molecule has 0 saturated carbocycles. The highest BCUT2D eigenvalue weighted by Gasteiger charge is 2.13. The van der Waals surface area contributed by atoms with Crippen LogP contribution in [0.25, 0.3) is 0 Å². The second-order valence-corrected chi connectivity index (χ2v) is 4.56. The van der Waals surface area contributed by atoms with Gasteiger partial charge in [-0.05, 0) is 30.3 Å². The van der Waals surface area contributed by atoms with Crippen LogP contribution in [0.1, 0.15) is 10.4 Å². The first-order chi connectivity index (χ1) is 9.10. The Kier molecular flexibility index (Phi) is 4.11. The topological polar surface area (TPSA) is 51.2 Å². The van der Waals surface area contributed by atoms with Gasteiger partial charge in [-0.25, -0.2) is 4.98 Å². The first-order valence-electron chi connectivity index (χ1n) is 5.37. The molecule has 2 rings (SSSR count).